The molecule has 158 valence electrons. The first-order chi connectivity index (χ1) is 14.0. The van der Waals surface area contributed by atoms with Crippen LogP contribution in [0.25, 0.3) is 0 Å². The van der Waals surface area contributed by atoms with E-state index in [0.717, 1.165) is 23.5 Å². The molecule has 29 heavy (non-hydrogen) atoms. The van der Waals surface area contributed by atoms with E-state index >= 15 is 0 Å². The minimum atomic E-state index is -0.462. The van der Waals surface area contributed by atoms with Gasteiger partial charge in [0, 0.05) is 10.8 Å². The maximum atomic E-state index is 10.3. The van der Waals surface area contributed by atoms with Crippen molar-refractivity contribution in [1.82, 2.24) is 0 Å². The van der Waals surface area contributed by atoms with Gasteiger partial charge in [0.15, 0.2) is 0 Å². The summed E-state index contributed by atoms with van der Waals surface area (Å²) in [6.45, 7) is 6.93. The number of aliphatic hydroxyl groups is 2. The first kappa shape index (κ1) is 22.0. The molecule has 0 saturated carbocycles. The summed E-state index contributed by atoms with van der Waals surface area (Å²) in [5.41, 5.74) is 4.86. The zero-order valence-corrected chi connectivity index (χ0v) is 18.5. The number of ether oxygens (including phenoxy) is 2. The van der Waals surface area contributed by atoms with Gasteiger partial charge in [-0.1, -0.05) is 25.1 Å². The first-order valence-corrected chi connectivity index (χ1v) is 11.2. The first-order valence-electron chi connectivity index (χ1n) is 10.3. The summed E-state index contributed by atoms with van der Waals surface area (Å²) in [7, 11) is 1.71. The number of hydrogen-bond donors (Lipinski definition) is 2. The fourth-order valence-corrected chi connectivity index (χ4v) is 5.50. The molecular formula is C24H32O4S. The third-order valence-corrected chi connectivity index (χ3v) is 7.51. The van der Waals surface area contributed by atoms with Gasteiger partial charge in [0.25, 0.3) is 0 Å². The van der Waals surface area contributed by atoms with E-state index in [2.05, 4.69) is 38.1 Å². The fourth-order valence-electron chi connectivity index (χ4n) is 4.04. The van der Waals surface area contributed by atoms with E-state index in [-0.39, 0.29) is 17.1 Å². The van der Waals surface area contributed by atoms with Crippen LogP contribution in [0.2, 0.25) is 0 Å². The average molecular weight is 417 g/mol. The van der Waals surface area contributed by atoms with Gasteiger partial charge in [0.2, 0.25) is 0 Å². The zero-order chi connectivity index (χ0) is 21.0. The van der Waals surface area contributed by atoms with E-state index < -0.39 is 6.10 Å². The molecule has 0 aromatic heterocycles. The summed E-state index contributed by atoms with van der Waals surface area (Å²) < 4.78 is 11.3. The van der Waals surface area contributed by atoms with Crippen LogP contribution in [0.4, 0.5) is 0 Å². The summed E-state index contributed by atoms with van der Waals surface area (Å²) in [5, 5.41) is 20.0. The summed E-state index contributed by atoms with van der Waals surface area (Å²) in [5.74, 6) is 2.08. The molecule has 0 spiro atoms. The number of aliphatic hydroxyl groups excluding tert-OH is 2. The lowest BCUT2D eigenvalue weighted by Gasteiger charge is -2.37. The lowest BCUT2D eigenvalue weighted by Crippen LogP contribution is -2.35. The summed E-state index contributed by atoms with van der Waals surface area (Å²) >= 11 is 1.66. The molecule has 1 saturated heterocycles. The molecule has 4 atom stereocenters. The quantitative estimate of drug-likeness (QED) is 0.694. The predicted molar refractivity (Wildman–Crippen MR) is 119 cm³/mol. The summed E-state index contributed by atoms with van der Waals surface area (Å²) in [4.78, 5) is 0. The van der Waals surface area contributed by atoms with Crippen molar-refractivity contribution in [1.29, 1.82) is 0 Å². The Kier molecular flexibility index (Phi) is 7.49. The topological polar surface area (TPSA) is 58.9 Å². The van der Waals surface area contributed by atoms with Gasteiger partial charge in [0.1, 0.15) is 11.5 Å². The van der Waals surface area contributed by atoms with Crippen molar-refractivity contribution in [3.63, 3.8) is 0 Å². The molecule has 0 bridgehead atoms. The third kappa shape index (κ3) is 5.08. The Morgan fingerprint density at radius 3 is 2.52 bits per heavy atom. The van der Waals surface area contributed by atoms with Crippen LogP contribution in [0.15, 0.2) is 36.4 Å². The lowest BCUT2D eigenvalue weighted by atomic mass is 9.89. The van der Waals surface area contributed by atoms with Gasteiger partial charge < -0.3 is 19.7 Å². The third-order valence-electron chi connectivity index (χ3n) is 5.68. The molecular weight excluding hydrogens is 384 g/mol. The Balaban J connectivity index is 1.90. The second-order valence-electron chi connectivity index (χ2n) is 7.83. The van der Waals surface area contributed by atoms with Crippen LogP contribution in [0.5, 0.6) is 11.5 Å². The number of thioether (sulfide) groups is 1. The molecule has 4 nitrogen and oxygen atoms in total. The van der Waals surface area contributed by atoms with Crippen molar-refractivity contribution < 1.29 is 19.7 Å². The highest BCUT2D eigenvalue weighted by atomic mass is 32.2. The minimum Gasteiger partial charge on any atom is -0.496 e. The second-order valence-corrected chi connectivity index (χ2v) is 9.22. The fraction of sp³-hybridized carbons (Fsp3) is 0.500. The standard InChI is InChI=1S/C24H32O4S/c1-5-28-19-8-6-17(7-9-19)12-18-13-20(22(27-4)11-15(18)2)24-16(3)10-21(26)23(14-25)29-24/h6-9,11,13,16,21,23-26H,5,10,12,14H2,1-4H3. The normalized spacial score (nSPS) is 24.3. The van der Waals surface area contributed by atoms with Crippen LogP contribution in [-0.2, 0) is 6.42 Å². The van der Waals surface area contributed by atoms with Crippen molar-refractivity contribution in [3.05, 3.63) is 58.7 Å². The van der Waals surface area contributed by atoms with E-state index in [9.17, 15) is 10.2 Å². The number of hydrogen-bond acceptors (Lipinski definition) is 5. The van der Waals surface area contributed by atoms with Gasteiger partial charge >= 0.3 is 0 Å². The van der Waals surface area contributed by atoms with E-state index in [1.807, 2.05) is 19.1 Å². The monoisotopic (exact) mass is 416 g/mol. The van der Waals surface area contributed by atoms with Crippen LogP contribution < -0.4 is 9.47 Å². The summed E-state index contributed by atoms with van der Waals surface area (Å²) in [6.07, 6.45) is 1.07. The maximum Gasteiger partial charge on any atom is 0.123 e. The molecule has 0 aliphatic carbocycles. The van der Waals surface area contributed by atoms with Crippen LogP contribution in [0.3, 0.4) is 0 Å². The van der Waals surface area contributed by atoms with E-state index in [1.54, 1.807) is 18.9 Å². The number of rotatable bonds is 7. The maximum absolute atomic E-state index is 10.3. The molecule has 2 aromatic carbocycles. The van der Waals surface area contributed by atoms with E-state index in [4.69, 9.17) is 9.47 Å². The Bertz CT molecular complexity index is 805. The molecule has 0 radical (unpaired) electrons. The molecule has 3 rings (SSSR count). The Morgan fingerprint density at radius 2 is 1.90 bits per heavy atom. The smallest absolute Gasteiger partial charge is 0.123 e. The highest BCUT2D eigenvalue weighted by Gasteiger charge is 2.36. The second kappa shape index (κ2) is 9.88. The molecule has 2 N–H and O–H groups in total. The van der Waals surface area contributed by atoms with Crippen molar-refractivity contribution >= 4 is 11.8 Å². The van der Waals surface area contributed by atoms with Gasteiger partial charge in [0.05, 0.1) is 31.7 Å². The van der Waals surface area contributed by atoms with Crippen LogP contribution in [-0.4, -0.2) is 41.9 Å². The Morgan fingerprint density at radius 1 is 1.17 bits per heavy atom. The minimum absolute atomic E-state index is 0.0116. The van der Waals surface area contributed by atoms with Gasteiger partial charge in [-0.3, -0.25) is 0 Å². The molecule has 1 fully saturated rings. The Hall–Kier alpha value is -1.69. The van der Waals surface area contributed by atoms with Crippen molar-refractivity contribution in [2.24, 2.45) is 5.92 Å². The van der Waals surface area contributed by atoms with Crippen LogP contribution in [0.1, 0.15) is 47.8 Å². The molecule has 0 amide bonds. The van der Waals surface area contributed by atoms with Gasteiger partial charge in [-0.15, -0.1) is 11.8 Å². The van der Waals surface area contributed by atoms with Crippen LogP contribution >= 0.6 is 11.8 Å². The molecule has 5 heteroatoms. The predicted octanol–water partition coefficient (Wildman–Crippen LogP) is 4.53. The number of aryl methyl sites for hydroxylation is 1. The molecule has 4 unspecified atom stereocenters. The largest absolute Gasteiger partial charge is 0.496 e. The van der Waals surface area contributed by atoms with Gasteiger partial charge in [-0.05, 0) is 67.5 Å². The lowest BCUT2D eigenvalue weighted by molar-refractivity contribution is 0.109. The van der Waals surface area contributed by atoms with Crippen LogP contribution in [0, 0.1) is 12.8 Å². The van der Waals surface area contributed by atoms with Crippen molar-refractivity contribution in [3.8, 4) is 11.5 Å². The SMILES string of the molecule is CCOc1ccc(Cc2cc(C3SC(CO)C(O)CC3C)c(OC)cc2C)cc1. The van der Waals surface area contributed by atoms with E-state index in [1.165, 1.54) is 16.7 Å². The molecule has 1 aliphatic heterocycles. The van der Waals surface area contributed by atoms with Gasteiger partial charge in [-0.2, -0.15) is 0 Å². The van der Waals surface area contributed by atoms with Gasteiger partial charge in [-0.25, -0.2) is 0 Å². The number of benzene rings is 2. The average Bonchev–Trinajstić information content (AvgIpc) is 2.71. The molecule has 2 aromatic rings. The molecule has 1 heterocycles. The highest BCUT2D eigenvalue weighted by molar-refractivity contribution is 8.00. The summed E-state index contributed by atoms with van der Waals surface area (Å²) in [6, 6.07) is 12.6. The number of methoxy groups -OCH3 is 1. The highest BCUT2D eigenvalue weighted by Crippen LogP contribution is 2.49. The molecule has 1 aliphatic rings. The van der Waals surface area contributed by atoms with E-state index in [0.29, 0.717) is 18.9 Å². The zero-order valence-electron chi connectivity index (χ0n) is 17.7. The Labute approximate surface area is 178 Å². The van der Waals surface area contributed by atoms with Crippen molar-refractivity contribution in [2.75, 3.05) is 20.3 Å². The van der Waals surface area contributed by atoms with Crippen molar-refractivity contribution in [2.45, 2.75) is 50.2 Å².